The monoisotopic (exact) mass is 267 g/mol. The molecular formula is C15H13N3O2. The van der Waals surface area contributed by atoms with Crippen molar-refractivity contribution in [1.82, 2.24) is 4.98 Å². The number of nitrogens with one attached hydrogen (secondary N) is 1. The maximum absolute atomic E-state index is 11.3. The van der Waals surface area contributed by atoms with Gasteiger partial charge in [0.2, 0.25) is 0 Å². The number of hydrogen-bond acceptors (Lipinski definition) is 4. The van der Waals surface area contributed by atoms with Crippen LogP contribution in [0.1, 0.15) is 22.7 Å². The maximum Gasteiger partial charge on any atom is 0.273 e. The molecule has 1 aliphatic heterocycles. The summed E-state index contributed by atoms with van der Waals surface area (Å²) in [6, 6.07) is 10.8. The number of nitro groups is 1. The molecule has 1 aliphatic rings. The van der Waals surface area contributed by atoms with Crippen LogP contribution >= 0.6 is 0 Å². The standard InChI is InChI=1S/C15H13N3O2/c1-10-4-6-11(7-5-10)14-13(18(19)20)9-12-3-2-8-16-15(12)17-14/h2-9,14H,1H3,(H,16,17). The average Bonchev–Trinajstić information content (AvgIpc) is 2.46. The van der Waals surface area contributed by atoms with Crippen molar-refractivity contribution in [2.24, 2.45) is 0 Å². The lowest BCUT2D eigenvalue weighted by Gasteiger charge is -2.22. The van der Waals surface area contributed by atoms with Gasteiger partial charge >= 0.3 is 0 Å². The van der Waals surface area contributed by atoms with Gasteiger partial charge in [0.1, 0.15) is 11.9 Å². The molecule has 0 aliphatic carbocycles. The number of aromatic nitrogens is 1. The Labute approximate surface area is 116 Å². The van der Waals surface area contributed by atoms with Crippen molar-refractivity contribution in [3.63, 3.8) is 0 Å². The van der Waals surface area contributed by atoms with Crippen LogP contribution in [0.15, 0.2) is 48.3 Å². The highest BCUT2D eigenvalue weighted by atomic mass is 16.6. The lowest BCUT2D eigenvalue weighted by molar-refractivity contribution is -0.427. The molecule has 1 unspecified atom stereocenters. The van der Waals surface area contributed by atoms with Gasteiger partial charge in [-0.2, -0.15) is 0 Å². The van der Waals surface area contributed by atoms with Crippen LogP contribution in [0.5, 0.6) is 0 Å². The molecule has 0 fully saturated rings. The molecule has 0 spiro atoms. The van der Waals surface area contributed by atoms with Crippen LogP contribution in [-0.2, 0) is 0 Å². The highest BCUT2D eigenvalue weighted by molar-refractivity contribution is 5.69. The Hall–Kier alpha value is -2.69. The van der Waals surface area contributed by atoms with E-state index in [1.807, 2.05) is 37.3 Å². The maximum atomic E-state index is 11.3. The van der Waals surface area contributed by atoms with Crippen molar-refractivity contribution < 1.29 is 4.92 Å². The van der Waals surface area contributed by atoms with E-state index in [-0.39, 0.29) is 10.6 Å². The molecule has 5 nitrogen and oxygen atoms in total. The van der Waals surface area contributed by atoms with Crippen molar-refractivity contribution >= 4 is 11.9 Å². The number of fused-ring (bicyclic) bond motifs is 1. The smallest absolute Gasteiger partial charge is 0.273 e. The van der Waals surface area contributed by atoms with E-state index >= 15 is 0 Å². The third kappa shape index (κ3) is 2.14. The van der Waals surface area contributed by atoms with E-state index in [4.69, 9.17) is 0 Å². The van der Waals surface area contributed by atoms with Gasteiger partial charge in [0.05, 0.1) is 4.92 Å². The van der Waals surface area contributed by atoms with Gasteiger partial charge in [-0.15, -0.1) is 0 Å². The predicted molar refractivity (Wildman–Crippen MR) is 76.8 cm³/mol. The molecule has 20 heavy (non-hydrogen) atoms. The molecule has 2 heterocycles. The van der Waals surface area contributed by atoms with Crippen LogP contribution < -0.4 is 5.32 Å². The Morgan fingerprint density at radius 1 is 1.25 bits per heavy atom. The van der Waals surface area contributed by atoms with Crippen molar-refractivity contribution in [2.45, 2.75) is 13.0 Å². The van der Waals surface area contributed by atoms with Crippen LogP contribution in [0.4, 0.5) is 5.82 Å². The number of anilines is 1. The lowest BCUT2D eigenvalue weighted by Crippen LogP contribution is -2.22. The van der Waals surface area contributed by atoms with Gasteiger partial charge in [0, 0.05) is 17.8 Å². The normalized spacial score (nSPS) is 16.9. The largest absolute Gasteiger partial charge is 0.353 e. The Bertz CT molecular complexity index is 693. The highest BCUT2D eigenvalue weighted by Gasteiger charge is 2.31. The van der Waals surface area contributed by atoms with E-state index in [0.717, 1.165) is 16.7 Å². The summed E-state index contributed by atoms with van der Waals surface area (Å²) < 4.78 is 0. The molecule has 100 valence electrons. The molecule has 2 aromatic rings. The van der Waals surface area contributed by atoms with Crippen LogP contribution in [0, 0.1) is 17.0 Å². The van der Waals surface area contributed by atoms with E-state index in [1.54, 1.807) is 18.3 Å². The summed E-state index contributed by atoms with van der Waals surface area (Å²) in [4.78, 5) is 15.2. The number of aryl methyl sites for hydroxylation is 1. The fourth-order valence-electron chi connectivity index (χ4n) is 2.28. The summed E-state index contributed by atoms with van der Waals surface area (Å²) in [5.74, 6) is 0.670. The molecular weight excluding hydrogens is 254 g/mol. The zero-order valence-electron chi connectivity index (χ0n) is 10.9. The molecule has 1 aromatic heterocycles. The Morgan fingerprint density at radius 2 is 2.00 bits per heavy atom. The summed E-state index contributed by atoms with van der Waals surface area (Å²) in [5, 5.41) is 14.4. The number of nitrogens with zero attached hydrogens (tertiary/aromatic N) is 2. The number of hydrogen-bond donors (Lipinski definition) is 1. The van der Waals surface area contributed by atoms with Gasteiger partial charge in [-0.1, -0.05) is 29.8 Å². The molecule has 1 N–H and O–H groups in total. The van der Waals surface area contributed by atoms with Crippen LogP contribution in [0.25, 0.3) is 6.08 Å². The summed E-state index contributed by atoms with van der Waals surface area (Å²) in [6.07, 6.45) is 3.26. The van der Waals surface area contributed by atoms with Crippen molar-refractivity contribution in [2.75, 3.05) is 5.32 Å². The van der Waals surface area contributed by atoms with Gasteiger partial charge in [0.25, 0.3) is 5.70 Å². The van der Waals surface area contributed by atoms with Gasteiger partial charge < -0.3 is 5.32 Å². The first-order chi connectivity index (χ1) is 9.65. The second kappa shape index (κ2) is 4.77. The number of pyridine rings is 1. The van der Waals surface area contributed by atoms with Crippen molar-refractivity contribution in [3.05, 3.63) is 75.1 Å². The van der Waals surface area contributed by atoms with E-state index in [0.29, 0.717) is 5.82 Å². The molecule has 0 radical (unpaired) electrons. The topological polar surface area (TPSA) is 68.1 Å². The molecule has 0 saturated heterocycles. The summed E-state index contributed by atoms with van der Waals surface area (Å²) in [7, 11) is 0. The zero-order valence-corrected chi connectivity index (χ0v) is 10.9. The minimum absolute atomic E-state index is 0.134. The van der Waals surface area contributed by atoms with E-state index in [1.165, 1.54) is 0 Å². The first-order valence-electron chi connectivity index (χ1n) is 6.29. The highest BCUT2D eigenvalue weighted by Crippen LogP contribution is 2.34. The van der Waals surface area contributed by atoms with Gasteiger partial charge in [0.15, 0.2) is 0 Å². The Kier molecular flexibility index (Phi) is 2.95. The molecule has 0 bridgehead atoms. The molecule has 3 rings (SSSR count). The Morgan fingerprint density at radius 3 is 2.70 bits per heavy atom. The average molecular weight is 267 g/mol. The third-order valence-corrected chi connectivity index (χ3v) is 3.34. The predicted octanol–water partition coefficient (Wildman–Crippen LogP) is 3.17. The molecule has 0 saturated carbocycles. The number of rotatable bonds is 2. The van der Waals surface area contributed by atoms with E-state index in [9.17, 15) is 10.1 Å². The minimum Gasteiger partial charge on any atom is -0.353 e. The van der Waals surface area contributed by atoms with E-state index in [2.05, 4.69) is 10.3 Å². The summed E-state index contributed by atoms with van der Waals surface area (Å²) >= 11 is 0. The molecule has 0 amide bonds. The first-order valence-corrected chi connectivity index (χ1v) is 6.29. The third-order valence-electron chi connectivity index (χ3n) is 3.34. The first kappa shape index (κ1) is 12.3. The van der Waals surface area contributed by atoms with Gasteiger partial charge in [-0.25, -0.2) is 4.98 Å². The second-order valence-electron chi connectivity index (χ2n) is 4.76. The van der Waals surface area contributed by atoms with Crippen LogP contribution in [0.2, 0.25) is 0 Å². The SMILES string of the molecule is Cc1ccc(C2Nc3ncccc3C=C2[N+](=O)[O-])cc1. The molecule has 1 atom stereocenters. The summed E-state index contributed by atoms with van der Waals surface area (Å²) in [6.45, 7) is 1.99. The summed E-state index contributed by atoms with van der Waals surface area (Å²) in [5.41, 5.74) is 2.85. The van der Waals surface area contributed by atoms with Crippen molar-refractivity contribution in [1.29, 1.82) is 0 Å². The zero-order chi connectivity index (χ0) is 14.1. The second-order valence-corrected chi connectivity index (χ2v) is 4.76. The van der Waals surface area contributed by atoms with Crippen LogP contribution in [0.3, 0.4) is 0 Å². The van der Waals surface area contributed by atoms with Crippen LogP contribution in [-0.4, -0.2) is 9.91 Å². The fourth-order valence-corrected chi connectivity index (χ4v) is 2.28. The quantitative estimate of drug-likeness (QED) is 0.670. The van der Waals surface area contributed by atoms with E-state index < -0.39 is 6.04 Å². The Balaban J connectivity index is 2.08. The van der Waals surface area contributed by atoms with Gasteiger partial charge in [-0.05, 0) is 24.6 Å². The molecule has 1 aromatic carbocycles. The minimum atomic E-state index is -0.479. The number of benzene rings is 1. The fraction of sp³-hybridized carbons (Fsp3) is 0.133. The lowest BCUT2D eigenvalue weighted by atomic mass is 9.98. The van der Waals surface area contributed by atoms with Gasteiger partial charge in [-0.3, -0.25) is 10.1 Å². The molecule has 5 heteroatoms. The van der Waals surface area contributed by atoms with Crippen molar-refractivity contribution in [3.8, 4) is 0 Å².